The largest absolute Gasteiger partial charge is 0.409 e. The lowest BCUT2D eigenvalue weighted by atomic mass is 10.1. The van der Waals surface area contributed by atoms with E-state index < -0.39 is 24.5 Å². The normalized spacial score (nSPS) is 15.3. The molecule has 0 aliphatic rings. The van der Waals surface area contributed by atoms with Crippen molar-refractivity contribution in [1.82, 2.24) is 14.8 Å². The van der Waals surface area contributed by atoms with Gasteiger partial charge < -0.3 is 10.9 Å². The van der Waals surface area contributed by atoms with E-state index in [0.29, 0.717) is 0 Å². The molecule has 0 aliphatic carbocycles. The molecule has 1 aromatic heterocycles. The molecule has 84 valence electrons. The molecule has 1 unspecified atom stereocenters. The Hall–Kier alpha value is -1.80. The summed E-state index contributed by atoms with van der Waals surface area (Å²) in [5, 5.41) is 14.1. The van der Waals surface area contributed by atoms with Gasteiger partial charge in [-0.3, -0.25) is 4.68 Å². The van der Waals surface area contributed by atoms with E-state index >= 15 is 0 Å². The first-order chi connectivity index (χ1) is 6.95. The molecule has 0 saturated carbocycles. The molecule has 0 saturated heterocycles. The Morgan fingerprint density at radius 2 is 2.27 bits per heavy atom. The number of hydrogen-bond donors (Lipinski definition) is 2. The van der Waals surface area contributed by atoms with Crippen molar-refractivity contribution in [3.05, 3.63) is 12.7 Å². The molecule has 1 heterocycles. The van der Waals surface area contributed by atoms with Crippen molar-refractivity contribution in [3.63, 3.8) is 0 Å². The third-order valence-corrected chi connectivity index (χ3v) is 1.70. The molecular formula is C6H8F3N5O. The maximum absolute atomic E-state index is 12.4. The van der Waals surface area contributed by atoms with Crippen molar-refractivity contribution >= 4 is 5.84 Å². The van der Waals surface area contributed by atoms with Gasteiger partial charge >= 0.3 is 6.18 Å². The summed E-state index contributed by atoms with van der Waals surface area (Å²) in [5.41, 5.74) is 4.94. The minimum absolute atomic E-state index is 0.570. The molecule has 6 nitrogen and oxygen atoms in total. The lowest BCUT2D eigenvalue weighted by molar-refractivity contribution is -0.159. The molecule has 1 rings (SSSR count). The van der Waals surface area contributed by atoms with E-state index in [1.807, 2.05) is 0 Å². The van der Waals surface area contributed by atoms with Crippen LogP contribution in [0.4, 0.5) is 13.2 Å². The Balaban J connectivity index is 2.84. The van der Waals surface area contributed by atoms with E-state index in [4.69, 9.17) is 10.9 Å². The second kappa shape index (κ2) is 4.15. The average Bonchev–Trinajstić information content (AvgIpc) is 2.63. The fraction of sp³-hybridized carbons (Fsp3) is 0.500. The van der Waals surface area contributed by atoms with Gasteiger partial charge in [0.05, 0.1) is 6.54 Å². The number of nitrogens with two attached hydrogens (primary N) is 1. The zero-order chi connectivity index (χ0) is 11.5. The number of aromatic nitrogens is 3. The van der Waals surface area contributed by atoms with Crippen LogP contribution in [0.15, 0.2) is 17.8 Å². The Morgan fingerprint density at radius 1 is 1.60 bits per heavy atom. The smallest absolute Gasteiger partial charge is 0.400 e. The van der Waals surface area contributed by atoms with Gasteiger partial charge in [0.15, 0.2) is 5.84 Å². The molecular weight excluding hydrogens is 215 g/mol. The second-order valence-corrected chi connectivity index (χ2v) is 2.74. The van der Waals surface area contributed by atoms with Gasteiger partial charge in [-0.05, 0) is 0 Å². The highest BCUT2D eigenvalue weighted by atomic mass is 19.4. The summed E-state index contributed by atoms with van der Waals surface area (Å²) in [6, 6.07) is 0. The lowest BCUT2D eigenvalue weighted by Gasteiger charge is -2.18. The average molecular weight is 223 g/mol. The van der Waals surface area contributed by atoms with E-state index in [1.165, 1.54) is 0 Å². The standard InChI is InChI=1S/C6H8F3N5O/c7-6(8,9)4(5(10)13-15)1-14-3-11-2-12-14/h2-4,15H,1H2,(H2,10,13). The summed E-state index contributed by atoms with van der Waals surface area (Å²) < 4.78 is 38.2. The summed E-state index contributed by atoms with van der Waals surface area (Å²) in [7, 11) is 0. The molecule has 0 spiro atoms. The number of rotatable bonds is 3. The molecule has 15 heavy (non-hydrogen) atoms. The predicted octanol–water partition coefficient (Wildman–Crippen LogP) is 0.203. The van der Waals surface area contributed by atoms with Crippen molar-refractivity contribution in [2.45, 2.75) is 12.7 Å². The highest BCUT2D eigenvalue weighted by Crippen LogP contribution is 2.27. The van der Waals surface area contributed by atoms with Gasteiger partial charge in [0.2, 0.25) is 0 Å². The van der Waals surface area contributed by atoms with E-state index in [2.05, 4.69) is 15.2 Å². The Bertz CT molecular complexity index is 333. The Kier molecular flexibility index (Phi) is 3.12. The van der Waals surface area contributed by atoms with Crippen LogP contribution < -0.4 is 5.73 Å². The summed E-state index contributed by atoms with van der Waals surface area (Å²) >= 11 is 0. The fourth-order valence-corrected chi connectivity index (χ4v) is 0.948. The number of hydrogen-bond acceptors (Lipinski definition) is 4. The van der Waals surface area contributed by atoms with Crippen molar-refractivity contribution in [1.29, 1.82) is 0 Å². The van der Waals surface area contributed by atoms with Crippen molar-refractivity contribution in [3.8, 4) is 0 Å². The maximum Gasteiger partial charge on any atom is 0.400 e. The van der Waals surface area contributed by atoms with E-state index in [1.54, 1.807) is 0 Å². The zero-order valence-corrected chi connectivity index (χ0v) is 7.39. The Morgan fingerprint density at radius 3 is 2.67 bits per heavy atom. The highest BCUT2D eigenvalue weighted by molar-refractivity contribution is 5.82. The van der Waals surface area contributed by atoms with Gasteiger partial charge in [-0.1, -0.05) is 5.16 Å². The number of nitrogens with zero attached hydrogens (tertiary/aromatic N) is 4. The predicted molar refractivity (Wildman–Crippen MR) is 43.0 cm³/mol. The molecule has 0 bridgehead atoms. The van der Waals surface area contributed by atoms with Crippen LogP contribution in [0.1, 0.15) is 0 Å². The van der Waals surface area contributed by atoms with Gasteiger partial charge in [-0.15, -0.1) is 0 Å². The quantitative estimate of drug-likeness (QED) is 0.331. The van der Waals surface area contributed by atoms with Crippen LogP contribution in [0.3, 0.4) is 0 Å². The molecule has 0 radical (unpaired) electrons. The van der Waals surface area contributed by atoms with Crippen molar-refractivity contribution in [2.75, 3.05) is 0 Å². The molecule has 0 fully saturated rings. The summed E-state index contributed by atoms with van der Waals surface area (Å²) in [4.78, 5) is 3.48. The van der Waals surface area contributed by atoms with Crippen LogP contribution >= 0.6 is 0 Å². The van der Waals surface area contributed by atoms with Gasteiger partial charge in [0, 0.05) is 0 Å². The van der Waals surface area contributed by atoms with Crippen LogP contribution in [0.2, 0.25) is 0 Å². The van der Waals surface area contributed by atoms with E-state index in [0.717, 1.165) is 17.3 Å². The fourth-order valence-electron chi connectivity index (χ4n) is 0.948. The van der Waals surface area contributed by atoms with Crippen LogP contribution in [0.5, 0.6) is 0 Å². The third-order valence-electron chi connectivity index (χ3n) is 1.70. The first-order valence-corrected chi connectivity index (χ1v) is 3.81. The van der Waals surface area contributed by atoms with Gasteiger partial charge in [0.1, 0.15) is 18.6 Å². The molecule has 0 amide bonds. The highest BCUT2D eigenvalue weighted by Gasteiger charge is 2.43. The summed E-state index contributed by atoms with van der Waals surface area (Å²) in [6.45, 7) is -0.570. The first kappa shape index (κ1) is 11.3. The zero-order valence-electron chi connectivity index (χ0n) is 7.39. The number of oxime groups is 1. The SMILES string of the molecule is NC(=NO)C(Cn1cncn1)C(F)(F)F. The second-order valence-electron chi connectivity index (χ2n) is 2.74. The van der Waals surface area contributed by atoms with Crippen LogP contribution in [0, 0.1) is 5.92 Å². The molecule has 1 atom stereocenters. The molecule has 3 N–H and O–H groups in total. The van der Waals surface area contributed by atoms with Crippen LogP contribution in [-0.2, 0) is 6.54 Å². The van der Waals surface area contributed by atoms with Crippen LogP contribution in [-0.4, -0.2) is 32.0 Å². The number of amidine groups is 1. The van der Waals surface area contributed by atoms with Gasteiger partial charge in [-0.2, -0.15) is 18.3 Å². The molecule has 1 aromatic rings. The van der Waals surface area contributed by atoms with Crippen molar-refractivity contribution < 1.29 is 18.4 Å². The first-order valence-electron chi connectivity index (χ1n) is 3.81. The molecule has 9 heteroatoms. The summed E-state index contributed by atoms with van der Waals surface area (Å²) in [5.74, 6) is -2.98. The van der Waals surface area contributed by atoms with E-state index in [-0.39, 0.29) is 0 Å². The van der Waals surface area contributed by atoms with E-state index in [9.17, 15) is 13.2 Å². The minimum Gasteiger partial charge on any atom is -0.409 e. The molecule has 0 aliphatic heterocycles. The summed E-state index contributed by atoms with van der Waals surface area (Å²) in [6.07, 6.45) is -2.38. The maximum atomic E-state index is 12.4. The third kappa shape index (κ3) is 2.82. The topological polar surface area (TPSA) is 89.3 Å². The molecule has 0 aromatic carbocycles. The monoisotopic (exact) mass is 223 g/mol. The number of alkyl halides is 3. The van der Waals surface area contributed by atoms with Gasteiger partial charge in [0.25, 0.3) is 0 Å². The number of halogens is 3. The van der Waals surface area contributed by atoms with Gasteiger partial charge in [-0.25, -0.2) is 4.98 Å². The minimum atomic E-state index is -4.59. The Labute approximate surface area is 82.2 Å². The van der Waals surface area contributed by atoms with Crippen LogP contribution in [0.25, 0.3) is 0 Å². The van der Waals surface area contributed by atoms with Crippen molar-refractivity contribution in [2.24, 2.45) is 16.8 Å². The lowest BCUT2D eigenvalue weighted by Crippen LogP contribution is -2.39.